The van der Waals surface area contributed by atoms with Crippen molar-refractivity contribution in [1.82, 2.24) is 0 Å². The standard InChI is InChI=1S/C18H22N2O/c1-12-5-7-16(14(3)9-12)11-19-17-8-6-13(2)18(10-17)20-15(4)21/h5-10,19H,11H2,1-4H3,(H,20,21). The van der Waals surface area contributed by atoms with Crippen LogP contribution in [-0.2, 0) is 11.3 Å². The van der Waals surface area contributed by atoms with E-state index in [2.05, 4.69) is 42.7 Å². The van der Waals surface area contributed by atoms with Crippen LogP contribution < -0.4 is 10.6 Å². The van der Waals surface area contributed by atoms with E-state index in [-0.39, 0.29) is 5.91 Å². The predicted octanol–water partition coefficient (Wildman–Crippen LogP) is 4.18. The number of aryl methyl sites for hydroxylation is 3. The number of hydrogen-bond acceptors (Lipinski definition) is 2. The van der Waals surface area contributed by atoms with E-state index in [0.717, 1.165) is 23.5 Å². The summed E-state index contributed by atoms with van der Waals surface area (Å²) in [6, 6.07) is 12.5. The quantitative estimate of drug-likeness (QED) is 0.883. The Morgan fingerprint density at radius 3 is 2.43 bits per heavy atom. The summed E-state index contributed by atoms with van der Waals surface area (Å²) in [5, 5.41) is 6.26. The van der Waals surface area contributed by atoms with Gasteiger partial charge in [0, 0.05) is 24.8 Å². The summed E-state index contributed by atoms with van der Waals surface area (Å²) in [6.45, 7) is 8.51. The van der Waals surface area contributed by atoms with E-state index in [1.54, 1.807) is 0 Å². The molecule has 2 rings (SSSR count). The second-order valence-corrected chi connectivity index (χ2v) is 5.49. The number of carbonyl (C=O) groups is 1. The van der Waals surface area contributed by atoms with Gasteiger partial charge in [-0.25, -0.2) is 0 Å². The second kappa shape index (κ2) is 6.44. The summed E-state index contributed by atoms with van der Waals surface area (Å²) >= 11 is 0. The Morgan fingerprint density at radius 1 is 1.00 bits per heavy atom. The van der Waals surface area contributed by atoms with Gasteiger partial charge < -0.3 is 10.6 Å². The van der Waals surface area contributed by atoms with E-state index in [1.807, 2.05) is 25.1 Å². The molecule has 2 N–H and O–H groups in total. The van der Waals surface area contributed by atoms with Crippen LogP contribution in [0.3, 0.4) is 0 Å². The minimum atomic E-state index is -0.0513. The molecule has 0 saturated carbocycles. The fourth-order valence-electron chi connectivity index (χ4n) is 2.30. The molecule has 0 heterocycles. The zero-order valence-corrected chi connectivity index (χ0v) is 13.1. The van der Waals surface area contributed by atoms with E-state index in [9.17, 15) is 4.79 Å². The average Bonchev–Trinajstić information content (AvgIpc) is 2.40. The van der Waals surface area contributed by atoms with Gasteiger partial charge in [0.25, 0.3) is 0 Å². The maximum Gasteiger partial charge on any atom is 0.221 e. The molecule has 0 radical (unpaired) electrons. The largest absolute Gasteiger partial charge is 0.381 e. The summed E-state index contributed by atoms with van der Waals surface area (Å²) in [4.78, 5) is 11.2. The van der Waals surface area contributed by atoms with Crippen LogP contribution in [0.1, 0.15) is 29.2 Å². The molecule has 0 bridgehead atoms. The molecule has 3 nitrogen and oxygen atoms in total. The first-order chi connectivity index (χ1) is 9.95. The monoisotopic (exact) mass is 282 g/mol. The van der Waals surface area contributed by atoms with Crippen molar-refractivity contribution in [3.05, 3.63) is 58.7 Å². The van der Waals surface area contributed by atoms with Crippen LogP contribution in [0.2, 0.25) is 0 Å². The third-order valence-electron chi connectivity index (χ3n) is 3.53. The SMILES string of the molecule is CC(=O)Nc1cc(NCc2ccc(C)cc2C)ccc1C. The number of anilines is 2. The van der Waals surface area contributed by atoms with Crippen molar-refractivity contribution in [3.63, 3.8) is 0 Å². The summed E-state index contributed by atoms with van der Waals surface area (Å²) in [5.74, 6) is -0.0513. The molecule has 0 unspecified atom stereocenters. The number of carbonyl (C=O) groups excluding carboxylic acids is 1. The molecule has 0 aliphatic heterocycles. The first-order valence-corrected chi connectivity index (χ1v) is 7.14. The van der Waals surface area contributed by atoms with E-state index >= 15 is 0 Å². The molecular formula is C18H22N2O. The number of nitrogens with one attached hydrogen (secondary N) is 2. The van der Waals surface area contributed by atoms with E-state index in [0.29, 0.717) is 0 Å². The Morgan fingerprint density at radius 2 is 1.76 bits per heavy atom. The van der Waals surface area contributed by atoms with Gasteiger partial charge in [0.15, 0.2) is 0 Å². The number of benzene rings is 2. The van der Waals surface area contributed by atoms with Crippen molar-refractivity contribution < 1.29 is 4.79 Å². The molecule has 0 aromatic heterocycles. The van der Waals surface area contributed by atoms with Crippen molar-refractivity contribution in [1.29, 1.82) is 0 Å². The Hall–Kier alpha value is -2.29. The van der Waals surface area contributed by atoms with Gasteiger partial charge in [-0.05, 0) is 49.6 Å². The van der Waals surface area contributed by atoms with Crippen molar-refractivity contribution in [3.8, 4) is 0 Å². The minimum absolute atomic E-state index is 0.0513. The summed E-state index contributed by atoms with van der Waals surface area (Å²) in [5.41, 5.74) is 6.76. The summed E-state index contributed by atoms with van der Waals surface area (Å²) in [6.07, 6.45) is 0. The lowest BCUT2D eigenvalue weighted by molar-refractivity contribution is -0.114. The fourth-order valence-corrected chi connectivity index (χ4v) is 2.30. The molecule has 0 atom stereocenters. The molecule has 0 spiro atoms. The molecule has 2 aromatic carbocycles. The van der Waals surface area contributed by atoms with Crippen LogP contribution in [0.25, 0.3) is 0 Å². The maximum atomic E-state index is 11.2. The molecule has 21 heavy (non-hydrogen) atoms. The van der Waals surface area contributed by atoms with Crippen molar-refractivity contribution in [2.45, 2.75) is 34.2 Å². The van der Waals surface area contributed by atoms with Crippen LogP contribution in [0, 0.1) is 20.8 Å². The highest BCUT2D eigenvalue weighted by Crippen LogP contribution is 2.21. The van der Waals surface area contributed by atoms with Crippen molar-refractivity contribution in [2.75, 3.05) is 10.6 Å². The van der Waals surface area contributed by atoms with Crippen LogP contribution in [-0.4, -0.2) is 5.91 Å². The van der Waals surface area contributed by atoms with Gasteiger partial charge in [0.2, 0.25) is 5.91 Å². The van der Waals surface area contributed by atoms with Crippen LogP contribution in [0.5, 0.6) is 0 Å². The number of amides is 1. The van der Waals surface area contributed by atoms with Gasteiger partial charge in [0.05, 0.1) is 0 Å². The fraction of sp³-hybridized carbons (Fsp3) is 0.278. The number of hydrogen-bond donors (Lipinski definition) is 2. The summed E-state index contributed by atoms with van der Waals surface area (Å²) in [7, 11) is 0. The van der Waals surface area contributed by atoms with Crippen LogP contribution in [0.4, 0.5) is 11.4 Å². The highest BCUT2D eigenvalue weighted by atomic mass is 16.1. The molecule has 0 saturated heterocycles. The van der Waals surface area contributed by atoms with Gasteiger partial charge in [-0.3, -0.25) is 4.79 Å². The summed E-state index contributed by atoms with van der Waals surface area (Å²) < 4.78 is 0. The molecule has 1 amide bonds. The first kappa shape index (κ1) is 15.1. The van der Waals surface area contributed by atoms with Crippen molar-refractivity contribution >= 4 is 17.3 Å². The van der Waals surface area contributed by atoms with Gasteiger partial charge in [0.1, 0.15) is 0 Å². The molecule has 110 valence electrons. The highest BCUT2D eigenvalue weighted by molar-refractivity contribution is 5.90. The maximum absolute atomic E-state index is 11.2. The lowest BCUT2D eigenvalue weighted by Gasteiger charge is -2.13. The zero-order chi connectivity index (χ0) is 15.4. The molecule has 0 aliphatic carbocycles. The predicted molar refractivity (Wildman–Crippen MR) is 88.7 cm³/mol. The van der Waals surface area contributed by atoms with Gasteiger partial charge in [-0.15, -0.1) is 0 Å². The van der Waals surface area contributed by atoms with E-state index in [4.69, 9.17) is 0 Å². The first-order valence-electron chi connectivity index (χ1n) is 7.14. The smallest absolute Gasteiger partial charge is 0.221 e. The topological polar surface area (TPSA) is 41.1 Å². The third-order valence-corrected chi connectivity index (χ3v) is 3.53. The lowest BCUT2D eigenvalue weighted by Crippen LogP contribution is -2.08. The third kappa shape index (κ3) is 4.09. The Bertz CT molecular complexity index is 662. The zero-order valence-electron chi connectivity index (χ0n) is 13.1. The Kier molecular flexibility index (Phi) is 4.63. The Labute approximate surface area is 126 Å². The minimum Gasteiger partial charge on any atom is -0.381 e. The van der Waals surface area contributed by atoms with E-state index < -0.39 is 0 Å². The van der Waals surface area contributed by atoms with Crippen molar-refractivity contribution in [2.24, 2.45) is 0 Å². The number of rotatable bonds is 4. The van der Waals surface area contributed by atoms with Gasteiger partial charge in [-0.1, -0.05) is 29.8 Å². The molecular weight excluding hydrogens is 260 g/mol. The Balaban J connectivity index is 2.11. The van der Waals surface area contributed by atoms with E-state index in [1.165, 1.54) is 23.6 Å². The normalized spacial score (nSPS) is 10.3. The molecule has 0 aliphatic rings. The second-order valence-electron chi connectivity index (χ2n) is 5.49. The van der Waals surface area contributed by atoms with Crippen LogP contribution >= 0.6 is 0 Å². The highest BCUT2D eigenvalue weighted by Gasteiger charge is 2.03. The molecule has 0 fully saturated rings. The lowest BCUT2D eigenvalue weighted by atomic mass is 10.1. The molecule has 3 heteroatoms. The van der Waals surface area contributed by atoms with Gasteiger partial charge >= 0.3 is 0 Å². The van der Waals surface area contributed by atoms with Crippen LogP contribution in [0.15, 0.2) is 36.4 Å². The average molecular weight is 282 g/mol. The van der Waals surface area contributed by atoms with Gasteiger partial charge in [-0.2, -0.15) is 0 Å². The molecule has 2 aromatic rings.